The zero-order chi connectivity index (χ0) is 10.2. The molecule has 1 aromatic heterocycles. The Morgan fingerprint density at radius 1 is 1.50 bits per heavy atom. The maximum absolute atomic E-state index is 12.0. The zero-order valence-corrected chi connectivity index (χ0v) is 8.18. The van der Waals surface area contributed by atoms with E-state index in [1.165, 1.54) is 11.3 Å². The highest BCUT2D eigenvalue weighted by molar-refractivity contribution is 7.13. The van der Waals surface area contributed by atoms with Crippen molar-refractivity contribution in [2.75, 3.05) is 18.0 Å². The van der Waals surface area contributed by atoms with Crippen LogP contribution >= 0.6 is 11.3 Å². The fraction of sp³-hybridized carbons (Fsp3) is 0.571. The largest absolute Gasteiger partial charge is 0.478 e. The van der Waals surface area contributed by atoms with E-state index in [2.05, 4.69) is 4.98 Å². The molecule has 0 bridgehead atoms. The Balaban J connectivity index is 1.80. The summed E-state index contributed by atoms with van der Waals surface area (Å²) < 4.78 is 36.1. The molecule has 78 valence electrons. The van der Waals surface area contributed by atoms with Crippen molar-refractivity contribution in [3.05, 3.63) is 11.6 Å². The lowest BCUT2D eigenvalue weighted by molar-refractivity contribution is 0.381. The molecule has 2 heterocycles. The number of aromatic nitrogens is 1. The molecule has 0 spiro atoms. The predicted octanol–water partition coefficient (Wildman–Crippen LogP) is 2.43. The van der Waals surface area contributed by atoms with Crippen LogP contribution in [0.5, 0.6) is 0 Å². The number of hydrogen-bond donors (Lipinski definition) is 0. The summed E-state index contributed by atoms with van der Waals surface area (Å²) in [6, 6.07) is 0. The Morgan fingerprint density at radius 2 is 2.21 bits per heavy atom. The SMILES string of the molecule is F[B-](F)(F)CC1CN(c2nccs2)C1. The van der Waals surface area contributed by atoms with Crippen LogP contribution in [0.3, 0.4) is 0 Å². The van der Waals surface area contributed by atoms with Gasteiger partial charge in [0, 0.05) is 24.7 Å². The van der Waals surface area contributed by atoms with Crippen LogP contribution in [-0.2, 0) is 0 Å². The summed E-state index contributed by atoms with van der Waals surface area (Å²) in [5.41, 5.74) is 0. The Bertz CT molecular complexity index is 294. The van der Waals surface area contributed by atoms with Crippen molar-refractivity contribution in [3.63, 3.8) is 0 Å². The van der Waals surface area contributed by atoms with Crippen LogP contribution in [-0.4, -0.2) is 25.1 Å². The van der Waals surface area contributed by atoms with E-state index in [0.717, 1.165) is 5.13 Å². The van der Waals surface area contributed by atoms with Crippen LogP contribution in [0, 0.1) is 5.92 Å². The highest BCUT2D eigenvalue weighted by atomic mass is 32.1. The van der Waals surface area contributed by atoms with Crippen LogP contribution in [0.25, 0.3) is 0 Å². The first-order chi connectivity index (χ1) is 6.54. The maximum Gasteiger partial charge on any atom is 0.478 e. The van der Waals surface area contributed by atoms with Crippen LogP contribution in [0.2, 0.25) is 6.32 Å². The minimum atomic E-state index is -4.62. The Labute approximate surface area is 83.8 Å². The van der Waals surface area contributed by atoms with Crippen molar-refractivity contribution < 1.29 is 12.9 Å². The van der Waals surface area contributed by atoms with Crippen molar-refractivity contribution in [2.45, 2.75) is 6.32 Å². The quantitative estimate of drug-likeness (QED) is 0.728. The summed E-state index contributed by atoms with van der Waals surface area (Å²) in [6.07, 6.45) is 1.06. The van der Waals surface area contributed by atoms with E-state index in [-0.39, 0.29) is 5.92 Å². The average Bonchev–Trinajstić information content (AvgIpc) is 2.45. The van der Waals surface area contributed by atoms with Crippen LogP contribution in [0.1, 0.15) is 0 Å². The van der Waals surface area contributed by atoms with E-state index in [9.17, 15) is 12.9 Å². The standard InChI is InChI=1S/C7H9BF3N2S/c9-8(10,11)3-6-4-13(5-6)7-12-1-2-14-7/h1-2,6H,3-5H2/q-1. The van der Waals surface area contributed by atoms with Crippen molar-refractivity contribution in [2.24, 2.45) is 5.92 Å². The molecule has 0 radical (unpaired) electrons. The van der Waals surface area contributed by atoms with Gasteiger partial charge in [0.2, 0.25) is 0 Å². The number of hydrogen-bond acceptors (Lipinski definition) is 3. The third-order valence-corrected chi connectivity index (χ3v) is 3.08. The lowest BCUT2D eigenvalue weighted by Crippen LogP contribution is -2.48. The van der Waals surface area contributed by atoms with E-state index in [4.69, 9.17) is 0 Å². The smallest absolute Gasteiger partial charge is 0.449 e. The van der Waals surface area contributed by atoms with Gasteiger partial charge in [-0.15, -0.1) is 11.3 Å². The average molecular weight is 221 g/mol. The second-order valence-electron chi connectivity index (χ2n) is 3.53. The van der Waals surface area contributed by atoms with Crippen LogP contribution in [0.4, 0.5) is 18.1 Å². The first-order valence-corrected chi connectivity index (χ1v) is 5.28. The molecular formula is C7H9BF3N2S-. The van der Waals surface area contributed by atoms with E-state index in [1.54, 1.807) is 6.20 Å². The second-order valence-corrected chi connectivity index (χ2v) is 4.40. The van der Waals surface area contributed by atoms with Crippen LogP contribution < -0.4 is 4.90 Å². The molecule has 0 aromatic carbocycles. The number of anilines is 1. The molecule has 14 heavy (non-hydrogen) atoms. The Hall–Kier alpha value is -0.715. The molecule has 7 heteroatoms. The van der Waals surface area contributed by atoms with Crippen molar-refractivity contribution in [1.29, 1.82) is 0 Å². The van der Waals surface area contributed by atoms with Gasteiger partial charge >= 0.3 is 6.98 Å². The van der Waals surface area contributed by atoms with Crippen molar-refractivity contribution >= 4 is 23.4 Å². The van der Waals surface area contributed by atoms with Gasteiger partial charge in [-0.1, -0.05) is 6.32 Å². The molecule has 2 nitrogen and oxygen atoms in total. The maximum atomic E-state index is 12.0. The summed E-state index contributed by atoms with van der Waals surface area (Å²) in [5.74, 6) is -0.223. The van der Waals surface area contributed by atoms with Crippen molar-refractivity contribution in [1.82, 2.24) is 4.98 Å². The fourth-order valence-corrected chi connectivity index (χ4v) is 2.29. The summed E-state index contributed by atoms with van der Waals surface area (Å²) >= 11 is 1.47. The van der Waals surface area contributed by atoms with Gasteiger partial charge in [-0.3, -0.25) is 0 Å². The Morgan fingerprint density at radius 3 is 2.71 bits per heavy atom. The van der Waals surface area contributed by atoms with Gasteiger partial charge in [-0.25, -0.2) is 4.98 Å². The molecule has 0 N–H and O–H groups in total. The Kier molecular flexibility index (Phi) is 2.42. The molecule has 0 atom stereocenters. The summed E-state index contributed by atoms with van der Waals surface area (Å²) in [6.45, 7) is -3.63. The lowest BCUT2D eigenvalue weighted by atomic mass is 9.75. The third kappa shape index (κ3) is 2.20. The monoisotopic (exact) mass is 221 g/mol. The summed E-state index contributed by atoms with van der Waals surface area (Å²) in [5, 5.41) is 2.66. The molecule has 0 aliphatic carbocycles. The molecule has 1 aromatic rings. The topological polar surface area (TPSA) is 16.1 Å². The highest BCUT2D eigenvalue weighted by Crippen LogP contribution is 2.32. The van der Waals surface area contributed by atoms with Gasteiger partial charge in [0.15, 0.2) is 5.13 Å². The lowest BCUT2D eigenvalue weighted by Gasteiger charge is -2.41. The predicted molar refractivity (Wildman–Crippen MR) is 51.7 cm³/mol. The molecule has 0 saturated carbocycles. The number of halogens is 3. The zero-order valence-electron chi connectivity index (χ0n) is 7.37. The molecule has 0 unspecified atom stereocenters. The molecule has 0 amide bonds. The van der Waals surface area contributed by atoms with E-state index < -0.39 is 13.3 Å². The first-order valence-electron chi connectivity index (χ1n) is 4.40. The highest BCUT2D eigenvalue weighted by Gasteiger charge is 2.35. The second kappa shape index (κ2) is 3.45. The normalized spacial score (nSPS) is 18.4. The number of nitrogens with zero attached hydrogens (tertiary/aromatic N) is 2. The van der Waals surface area contributed by atoms with Gasteiger partial charge in [-0.2, -0.15) is 0 Å². The fourth-order valence-electron chi connectivity index (χ4n) is 1.63. The van der Waals surface area contributed by atoms with E-state index in [1.807, 2.05) is 10.3 Å². The summed E-state index contributed by atoms with van der Waals surface area (Å²) in [4.78, 5) is 5.92. The van der Waals surface area contributed by atoms with E-state index in [0.29, 0.717) is 13.1 Å². The van der Waals surface area contributed by atoms with Gasteiger partial charge in [0.1, 0.15) is 0 Å². The number of thiazole rings is 1. The van der Waals surface area contributed by atoms with Crippen molar-refractivity contribution in [3.8, 4) is 0 Å². The first kappa shape index (κ1) is 9.83. The molecule has 1 fully saturated rings. The molecular weight excluding hydrogens is 212 g/mol. The minimum absolute atomic E-state index is 0.223. The van der Waals surface area contributed by atoms with Gasteiger partial charge in [-0.05, 0) is 5.92 Å². The molecule has 1 aliphatic heterocycles. The van der Waals surface area contributed by atoms with Crippen LogP contribution in [0.15, 0.2) is 11.6 Å². The minimum Gasteiger partial charge on any atom is -0.449 e. The molecule has 1 saturated heterocycles. The molecule has 1 aliphatic rings. The summed E-state index contributed by atoms with van der Waals surface area (Å²) in [7, 11) is 0. The van der Waals surface area contributed by atoms with Gasteiger partial charge in [0.25, 0.3) is 0 Å². The van der Waals surface area contributed by atoms with Gasteiger partial charge in [0.05, 0.1) is 0 Å². The number of rotatable bonds is 3. The third-order valence-electron chi connectivity index (χ3n) is 2.25. The molecule has 2 rings (SSSR count). The van der Waals surface area contributed by atoms with Gasteiger partial charge < -0.3 is 17.8 Å². The van der Waals surface area contributed by atoms with E-state index >= 15 is 0 Å².